The number of aliphatic hydroxyl groups excluding tert-OH is 1. The quantitative estimate of drug-likeness (QED) is 0.321. The van der Waals surface area contributed by atoms with E-state index < -0.39 is 41.4 Å². The number of methoxy groups -OCH3 is 1. The van der Waals surface area contributed by atoms with Crippen molar-refractivity contribution in [1.82, 2.24) is 19.6 Å². The van der Waals surface area contributed by atoms with Gasteiger partial charge < -0.3 is 38.8 Å². The van der Waals surface area contributed by atoms with Gasteiger partial charge in [-0.25, -0.2) is 0 Å². The molecule has 260 valence electrons. The van der Waals surface area contributed by atoms with Crippen LogP contribution in [0.15, 0.2) is 0 Å². The summed E-state index contributed by atoms with van der Waals surface area (Å²) in [5.41, 5.74) is -2.42. The minimum absolute atomic E-state index is 0.0786. The summed E-state index contributed by atoms with van der Waals surface area (Å²) in [6, 6.07) is -0.315. The molecule has 3 aliphatic heterocycles. The summed E-state index contributed by atoms with van der Waals surface area (Å²) in [7, 11) is 11.2. The van der Waals surface area contributed by atoms with E-state index in [4.69, 9.17) is 18.9 Å². The van der Waals surface area contributed by atoms with Crippen LogP contribution in [0.5, 0.6) is 0 Å². The monoisotopic (exact) mass is 640 g/mol. The van der Waals surface area contributed by atoms with Crippen molar-refractivity contribution in [2.75, 3.05) is 75.1 Å². The Balaban J connectivity index is 1.92. The molecule has 0 unspecified atom stereocenters. The van der Waals surface area contributed by atoms with Crippen LogP contribution in [0, 0.1) is 23.2 Å². The van der Waals surface area contributed by atoms with Crippen LogP contribution >= 0.6 is 0 Å². The molecular weight excluding hydrogens is 580 g/mol. The van der Waals surface area contributed by atoms with Gasteiger partial charge in [-0.15, -0.1) is 0 Å². The van der Waals surface area contributed by atoms with Gasteiger partial charge >= 0.3 is 5.97 Å². The Kier molecular flexibility index (Phi) is 12.6. The summed E-state index contributed by atoms with van der Waals surface area (Å²) in [6.45, 7) is 13.3. The molecule has 0 aliphatic carbocycles. The van der Waals surface area contributed by atoms with Crippen LogP contribution in [-0.2, 0) is 33.3 Å². The van der Waals surface area contributed by atoms with E-state index in [2.05, 4.69) is 11.8 Å². The molecule has 1 N–H and O–H groups in total. The van der Waals surface area contributed by atoms with Crippen LogP contribution in [0.3, 0.4) is 0 Å². The van der Waals surface area contributed by atoms with Crippen LogP contribution in [0.25, 0.3) is 0 Å². The molecule has 3 rings (SSSR count). The normalized spacial score (nSPS) is 37.9. The molecule has 3 heterocycles. The average Bonchev–Trinajstić information content (AvgIpc) is 2.91. The highest BCUT2D eigenvalue weighted by Gasteiger charge is 2.52. The molecule has 12 nitrogen and oxygen atoms in total. The summed E-state index contributed by atoms with van der Waals surface area (Å²) in [5.74, 6) is -1.41. The van der Waals surface area contributed by atoms with Crippen molar-refractivity contribution in [1.29, 1.82) is 0 Å². The number of hydrogen-bond donors (Lipinski definition) is 1. The Morgan fingerprint density at radius 3 is 2.24 bits per heavy atom. The summed E-state index contributed by atoms with van der Waals surface area (Å²) >= 11 is 0. The molecule has 0 aromatic carbocycles. The molecule has 45 heavy (non-hydrogen) atoms. The van der Waals surface area contributed by atoms with Gasteiger partial charge in [-0.2, -0.15) is 0 Å². The molecule has 0 spiro atoms. The zero-order chi connectivity index (χ0) is 34.0. The third-order valence-corrected chi connectivity index (χ3v) is 10.2. The number of ketones is 1. The van der Waals surface area contributed by atoms with Gasteiger partial charge in [0.25, 0.3) is 0 Å². The van der Waals surface area contributed by atoms with Crippen molar-refractivity contribution in [3.8, 4) is 0 Å². The molecule has 3 fully saturated rings. The molecular formula is C33H60N4O8. The predicted molar refractivity (Wildman–Crippen MR) is 170 cm³/mol. The number of carbonyl (C=O) groups is 3. The van der Waals surface area contributed by atoms with Crippen LogP contribution in [0.2, 0.25) is 0 Å². The molecule has 3 aliphatic rings. The Hall–Kier alpha value is -1.67. The molecule has 0 saturated carbocycles. The lowest BCUT2D eigenvalue weighted by Gasteiger charge is -2.47. The molecule has 1 amide bonds. The maximum atomic E-state index is 14.2. The first-order valence-corrected chi connectivity index (χ1v) is 16.4. The van der Waals surface area contributed by atoms with Gasteiger partial charge in [0.1, 0.15) is 18.1 Å². The van der Waals surface area contributed by atoms with Gasteiger partial charge in [-0.05, 0) is 81.7 Å². The van der Waals surface area contributed by atoms with Gasteiger partial charge in [0.2, 0.25) is 5.91 Å². The second kappa shape index (κ2) is 15.0. The molecule has 0 radical (unpaired) electrons. The summed E-state index contributed by atoms with van der Waals surface area (Å²) in [4.78, 5) is 48.3. The van der Waals surface area contributed by atoms with Crippen LogP contribution in [-0.4, -0.2) is 160 Å². The van der Waals surface area contributed by atoms with Crippen molar-refractivity contribution >= 4 is 17.7 Å². The van der Waals surface area contributed by atoms with Crippen molar-refractivity contribution in [3.05, 3.63) is 0 Å². The number of carbonyl (C=O) groups excluding carboxylic acids is 3. The van der Waals surface area contributed by atoms with E-state index >= 15 is 0 Å². The highest BCUT2D eigenvalue weighted by atomic mass is 16.7. The molecule has 3 saturated heterocycles. The Morgan fingerprint density at radius 1 is 1.07 bits per heavy atom. The fourth-order valence-corrected chi connectivity index (χ4v) is 7.39. The van der Waals surface area contributed by atoms with Crippen molar-refractivity contribution in [2.24, 2.45) is 23.2 Å². The molecule has 9 atom stereocenters. The average molecular weight is 641 g/mol. The van der Waals surface area contributed by atoms with Crippen molar-refractivity contribution in [3.63, 3.8) is 0 Å². The fraction of sp³-hybridized carbons (Fsp3) is 0.909. The lowest BCUT2D eigenvalue weighted by atomic mass is 9.74. The first-order valence-electron chi connectivity index (χ1n) is 16.4. The largest absolute Gasteiger partial charge is 0.463 e. The third kappa shape index (κ3) is 8.63. The number of esters is 1. The molecule has 0 aromatic rings. The number of amides is 1. The number of rotatable bonds is 7. The smallest absolute Gasteiger partial charge is 0.319 e. The standard InChI is InChI=1S/C33H60N4O8/c1-20-14-33(6,42-12)29(45-30-27(39)24(35(9)10)13-21(2)44-30)22(3)28(40)32(4,5)31(41)43-19-25(36(11)15-20)23-16-37(17-23)26(38)18-34(7)8/h20-25,27,29-30,39H,13-19H2,1-12H3/t20-,21-,22+,24+,25-,27-,29-,30+,33-/m1/s1. The topological polar surface area (TPSA) is 121 Å². The number of cyclic esters (lactones) is 1. The zero-order valence-corrected chi connectivity index (χ0v) is 29.7. The van der Waals surface area contributed by atoms with E-state index in [-0.39, 0.29) is 48.3 Å². The number of likely N-dealkylation sites (tertiary alicyclic amines) is 1. The lowest BCUT2D eigenvalue weighted by molar-refractivity contribution is -0.295. The Bertz CT molecular complexity index is 1030. The second-order valence-corrected chi connectivity index (χ2v) is 15.1. The van der Waals surface area contributed by atoms with E-state index in [0.717, 1.165) is 0 Å². The number of aliphatic hydroxyl groups is 1. The maximum absolute atomic E-state index is 14.2. The summed E-state index contributed by atoms with van der Waals surface area (Å²) in [6.07, 6.45) is -1.75. The van der Waals surface area contributed by atoms with E-state index in [1.807, 2.05) is 63.8 Å². The van der Waals surface area contributed by atoms with Crippen molar-refractivity contribution < 1.29 is 38.4 Å². The summed E-state index contributed by atoms with van der Waals surface area (Å²) in [5, 5.41) is 11.3. The minimum Gasteiger partial charge on any atom is -0.463 e. The maximum Gasteiger partial charge on any atom is 0.319 e. The van der Waals surface area contributed by atoms with Crippen molar-refractivity contribution in [2.45, 2.75) is 96.7 Å². The van der Waals surface area contributed by atoms with E-state index in [1.54, 1.807) is 27.9 Å². The predicted octanol–water partition coefficient (Wildman–Crippen LogP) is 1.34. The lowest BCUT2D eigenvalue weighted by Crippen LogP contribution is -2.60. The highest BCUT2D eigenvalue weighted by molar-refractivity contribution is 6.04. The highest BCUT2D eigenvalue weighted by Crippen LogP contribution is 2.38. The number of nitrogens with zero attached hydrogens (tertiary/aromatic N) is 4. The zero-order valence-electron chi connectivity index (χ0n) is 29.7. The van der Waals surface area contributed by atoms with Crippen LogP contribution in [0.1, 0.15) is 54.4 Å². The van der Waals surface area contributed by atoms with Crippen LogP contribution < -0.4 is 0 Å². The number of Topliss-reactive ketones (excluding diaryl/α,β-unsaturated/α-hetero) is 1. The number of ether oxygens (including phenoxy) is 4. The Morgan fingerprint density at radius 2 is 1.69 bits per heavy atom. The van der Waals surface area contributed by atoms with Gasteiger partial charge in [0, 0.05) is 50.7 Å². The molecule has 0 aromatic heterocycles. The number of hydrogen-bond acceptors (Lipinski definition) is 11. The van der Waals surface area contributed by atoms with E-state index in [9.17, 15) is 19.5 Å². The molecule has 12 heteroatoms. The number of likely N-dealkylation sites (N-methyl/N-ethyl adjacent to an activating group) is 3. The van der Waals surface area contributed by atoms with E-state index in [0.29, 0.717) is 39.0 Å². The Labute approximate surface area is 270 Å². The van der Waals surface area contributed by atoms with Crippen LogP contribution in [0.4, 0.5) is 0 Å². The van der Waals surface area contributed by atoms with Gasteiger partial charge in [0.05, 0.1) is 24.4 Å². The minimum atomic E-state index is -1.46. The second-order valence-electron chi connectivity index (χ2n) is 15.1. The molecule has 0 bridgehead atoms. The van der Waals surface area contributed by atoms with Gasteiger partial charge in [0.15, 0.2) is 12.1 Å². The van der Waals surface area contributed by atoms with E-state index in [1.165, 1.54) is 0 Å². The van der Waals surface area contributed by atoms with Gasteiger partial charge in [-0.3, -0.25) is 19.3 Å². The fourth-order valence-electron chi connectivity index (χ4n) is 7.39. The first-order chi connectivity index (χ1) is 20.8. The summed E-state index contributed by atoms with van der Waals surface area (Å²) < 4.78 is 24.8. The first kappa shape index (κ1) is 37.8. The third-order valence-electron chi connectivity index (χ3n) is 10.2. The SMILES string of the molecule is CO[C@]1(C)C[C@@H](C)CN(C)[C@@H](C2CN(C(=O)CN(C)C)C2)COC(=O)C(C)(C)C(=O)[C@H](C)[C@H]1O[C@@H]1O[C@H](C)C[C@H](N(C)C)[C@H]1O. The van der Waals surface area contributed by atoms with Gasteiger partial charge in [-0.1, -0.05) is 13.8 Å².